The Morgan fingerprint density at radius 2 is 1.93 bits per heavy atom. The van der Waals surface area contributed by atoms with E-state index in [1.807, 2.05) is 55.5 Å². The van der Waals surface area contributed by atoms with Crippen molar-refractivity contribution in [2.24, 2.45) is 0 Å². The summed E-state index contributed by atoms with van der Waals surface area (Å²) in [5, 5.41) is 11.0. The number of rotatable bonds is 8. The molecule has 6 nitrogen and oxygen atoms in total. The molecule has 0 aliphatic heterocycles. The molecule has 140 valence electrons. The highest BCUT2D eigenvalue weighted by molar-refractivity contribution is 5.76. The lowest BCUT2D eigenvalue weighted by Gasteiger charge is -2.05. The molecule has 0 saturated carbocycles. The molecule has 0 spiro atoms. The van der Waals surface area contributed by atoms with Gasteiger partial charge in [0.25, 0.3) is 0 Å². The van der Waals surface area contributed by atoms with E-state index in [0.717, 1.165) is 28.9 Å². The van der Waals surface area contributed by atoms with Crippen LogP contribution in [0.15, 0.2) is 52.9 Å². The molecular weight excluding hydrogens is 342 g/mol. The van der Waals surface area contributed by atoms with Crippen LogP contribution in [-0.4, -0.2) is 29.8 Å². The number of carbonyl (C=O) groups is 1. The van der Waals surface area contributed by atoms with Crippen LogP contribution in [0.3, 0.4) is 0 Å². The molecular formula is C21H23N3O3. The van der Waals surface area contributed by atoms with Gasteiger partial charge in [0.2, 0.25) is 17.7 Å². The Bertz CT molecular complexity index is 888. The molecule has 3 aromatic rings. The first-order valence-electron chi connectivity index (χ1n) is 8.93. The Morgan fingerprint density at radius 3 is 2.67 bits per heavy atom. The fraction of sp³-hybridized carbons (Fsp3) is 0.286. The van der Waals surface area contributed by atoms with Gasteiger partial charge in [0.1, 0.15) is 5.75 Å². The Hall–Kier alpha value is -3.15. The van der Waals surface area contributed by atoms with E-state index in [1.54, 1.807) is 7.11 Å². The van der Waals surface area contributed by atoms with E-state index in [0.29, 0.717) is 31.2 Å². The van der Waals surface area contributed by atoms with Gasteiger partial charge < -0.3 is 14.5 Å². The fourth-order valence-corrected chi connectivity index (χ4v) is 2.70. The van der Waals surface area contributed by atoms with Crippen LogP contribution in [0.25, 0.3) is 11.5 Å². The molecule has 0 unspecified atom stereocenters. The van der Waals surface area contributed by atoms with Crippen molar-refractivity contribution in [3.8, 4) is 17.2 Å². The van der Waals surface area contributed by atoms with Crippen LogP contribution >= 0.6 is 0 Å². The average Bonchev–Trinajstić information content (AvgIpc) is 3.16. The van der Waals surface area contributed by atoms with Gasteiger partial charge in [0.15, 0.2) is 0 Å². The fourth-order valence-electron chi connectivity index (χ4n) is 2.70. The van der Waals surface area contributed by atoms with Crippen molar-refractivity contribution in [1.82, 2.24) is 15.5 Å². The number of ether oxygens (including phenoxy) is 1. The Morgan fingerprint density at radius 1 is 1.11 bits per heavy atom. The SMILES string of the molecule is COc1ccc(CCNC(=O)CCc2nnc(-c3cccc(C)c3)o2)cc1. The zero-order valence-corrected chi connectivity index (χ0v) is 15.6. The smallest absolute Gasteiger partial charge is 0.247 e. The lowest BCUT2D eigenvalue weighted by Crippen LogP contribution is -2.25. The topological polar surface area (TPSA) is 77.2 Å². The summed E-state index contributed by atoms with van der Waals surface area (Å²) in [6.45, 7) is 2.60. The zero-order chi connectivity index (χ0) is 19.1. The minimum atomic E-state index is -0.0289. The third-order valence-electron chi connectivity index (χ3n) is 4.19. The molecule has 1 aromatic heterocycles. The van der Waals surface area contributed by atoms with E-state index < -0.39 is 0 Å². The molecule has 3 rings (SSSR count). The van der Waals surface area contributed by atoms with Crippen molar-refractivity contribution in [1.29, 1.82) is 0 Å². The summed E-state index contributed by atoms with van der Waals surface area (Å²) < 4.78 is 10.8. The van der Waals surface area contributed by atoms with Gasteiger partial charge in [-0.1, -0.05) is 29.8 Å². The highest BCUT2D eigenvalue weighted by atomic mass is 16.5. The minimum absolute atomic E-state index is 0.0289. The highest BCUT2D eigenvalue weighted by Crippen LogP contribution is 2.19. The van der Waals surface area contributed by atoms with Crippen LogP contribution in [0, 0.1) is 6.92 Å². The molecule has 0 aliphatic rings. The number of aryl methyl sites for hydroxylation is 2. The maximum Gasteiger partial charge on any atom is 0.247 e. The lowest BCUT2D eigenvalue weighted by molar-refractivity contribution is -0.121. The van der Waals surface area contributed by atoms with E-state index >= 15 is 0 Å². The van der Waals surface area contributed by atoms with Crippen LogP contribution in [-0.2, 0) is 17.6 Å². The molecule has 6 heteroatoms. The van der Waals surface area contributed by atoms with E-state index in [9.17, 15) is 4.79 Å². The van der Waals surface area contributed by atoms with Crippen LogP contribution in [0.4, 0.5) is 0 Å². The third-order valence-corrected chi connectivity index (χ3v) is 4.19. The summed E-state index contributed by atoms with van der Waals surface area (Å²) in [5.41, 5.74) is 3.16. The summed E-state index contributed by atoms with van der Waals surface area (Å²) in [6.07, 6.45) is 1.51. The maximum atomic E-state index is 12.0. The summed E-state index contributed by atoms with van der Waals surface area (Å²) in [5.74, 6) is 1.75. The van der Waals surface area contributed by atoms with Gasteiger partial charge in [-0.3, -0.25) is 4.79 Å². The molecule has 0 fully saturated rings. The number of benzene rings is 2. The predicted molar refractivity (Wildman–Crippen MR) is 102 cm³/mol. The van der Waals surface area contributed by atoms with Gasteiger partial charge in [-0.2, -0.15) is 0 Å². The molecule has 0 aliphatic carbocycles. The summed E-state index contributed by atoms with van der Waals surface area (Å²) in [6, 6.07) is 15.7. The van der Waals surface area contributed by atoms with Crippen LogP contribution in [0.1, 0.15) is 23.4 Å². The second-order valence-corrected chi connectivity index (χ2v) is 6.32. The molecule has 1 heterocycles. The van der Waals surface area contributed by atoms with Crippen LogP contribution in [0.5, 0.6) is 5.75 Å². The minimum Gasteiger partial charge on any atom is -0.497 e. The van der Waals surface area contributed by atoms with Gasteiger partial charge in [-0.15, -0.1) is 10.2 Å². The van der Waals surface area contributed by atoms with Crippen molar-refractivity contribution in [3.05, 3.63) is 65.5 Å². The number of carbonyl (C=O) groups excluding carboxylic acids is 1. The summed E-state index contributed by atoms with van der Waals surface area (Å²) in [7, 11) is 1.64. The van der Waals surface area contributed by atoms with Crippen molar-refractivity contribution in [2.75, 3.05) is 13.7 Å². The van der Waals surface area contributed by atoms with Gasteiger partial charge in [-0.25, -0.2) is 0 Å². The van der Waals surface area contributed by atoms with E-state index in [4.69, 9.17) is 9.15 Å². The van der Waals surface area contributed by atoms with Crippen LogP contribution in [0.2, 0.25) is 0 Å². The number of nitrogens with one attached hydrogen (secondary N) is 1. The van der Waals surface area contributed by atoms with Gasteiger partial charge in [0.05, 0.1) is 7.11 Å². The first kappa shape index (κ1) is 18.6. The predicted octanol–water partition coefficient (Wildman–Crippen LogP) is 3.35. The molecule has 1 amide bonds. The monoisotopic (exact) mass is 365 g/mol. The molecule has 0 saturated heterocycles. The van der Waals surface area contributed by atoms with Gasteiger partial charge in [0, 0.05) is 24.9 Å². The van der Waals surface area contributed by atoms with Gasteiger partial charge >= 0.3 is 0 Å². The Labute approximate surface area is 158 Å². The number of hydrogen-bond donors (Lipinski definition) is 1. The lowest BCUT2D eigenvalue weighted by atomic mass is 10.1. The van der Waals surface area contributed by atoms with Gasteiger partial charge in [-0.05, 0) is 43.2 Å². The van der Waals surface area contributed by atoms with Crippen molar-refractivity contribution >= 4 is 5.91 Å². The van der Waals surface area contributed by atoms with Crippen molar-refractivity contribution < 1.29 is 13.9 Å². The second-order valence-electron chi connectivity index (χ2n) is 6.32. The average molecular weight is 365 g/mol. The molecule has 1 N–H and O–H groups in total. The normalized spacial score (nSPS) is 10.6. The largest absolute Gasteiger partial charge is 0.497 e. The van der Waals surface area contributed by atoms with Crippen molar-refractivity contribution in [3.63, 3.8) is 0 Å². The number of aromatic nitrogens is 2. The molecule has 2 aromatic carbocycles. The van der Waals surface area contributed by atoms with Crippen LogP contribution < -0.4 is 10.1 Å². The molecule has 0 radical (unpaired) electrons. The second kappa shape index (κ2) is 8.98. The van der Waals surface area contributed by atoms with E-state index in [2.05, 4.69) is 15.5 Å². The Kier molecular flexibility index (Phi) is 6.20. The maximum absolute atomic E-state index is 12.0. The number of methoxy groups -OCH3 is 1. The first-order chi connectivity index (χ1) is 13.1. The number of nitrogens with zero attached hydrogens (tertiary/aromatic N) is 2. The Balaban J connectivity index is 1.42. The third kappa shape index (κ3) is 5.41. The van der Waals surface area contributed by atoms with Crippen molar-refractivity contribution in [2.45, 2.75) is 26.2 Å². The summed E-state index contributed by atoms with van der Waals surface area (Å²) >= 11 is 0. The highest BCUT2D eigenvalue weighted by Gasteiger charge is 2.10. The number of hydrogen-bond acceptors (Lipinski definition) is 5. The zero-order valence-electron chi connectivity index (χ0n) is 15.6. The molecule has 27 heavy (non-hydrogen) atoms. The quantitative estimate of drug-likeness (QED) is 0.662. The summed E-state index contributed by atoms with van der Waals surface area (Å²) in [4.78, 5) is 12.0. The molecule has 0 atom stereocenters. The van der Waals surface area contributed by atoms with E-state index in [-0.39, 0.29) is 5.91 Å². The molecule has 0 bridgehead atoms. The van der Waals surface area contributed by atoms with E-state index in [1.165, 1.54) is 0 Å². The first-order valence-corrected chi connectivity index (χ1v) is 8.93. The number of amides is 1. The standard InChI is InChI=1S/C21H23N3O3/c1-15-4-3-5-17(14-15)21-24-23-20(27-21)11-10-19(25)22-13-12-16-6-8-18(26-2)9-7-16/h3-9,14H,10-13H2,1-2H3,(H,22,25).